The van der Waals surface area contributed by atoms with Gasteiger partial charge in [-0.25, -0.2) is 0 Å². The number of nitrogens with zero attached hydrogens (tertiary/aromatic N) is 2. The third kappa shape index (κ3) is 3.59. The van der Waals surface area contributed by atoms with E-state index in [1.165, 1.54) is 0 Å². The minimum atomic E-state index is -0.457. The lowest BCUT2D eigenvalue weighted by Gasteiger charge is -2.29. The molecule has 0 aliphatic carbocycles. The number of furan rings is 1. The summed E-state index contributed by atoms with van der Waals surface area (Å²) in [6.45, 7) is 1.05. The first-order valence-corrected chi connectivity index (χ1v) is 6.39. The van der Waals surface area contributed by atoms with Gasteiger partial charge in [-0.3, -0.25) is 14.9 Å². The number of carbonyl (C=O) groups excluding carboxylic acids is 2. The van der Waals surface area contributed by atoms with Gasteiger partial charge in [-0.1, -0.05) is 0 Å². The summed E-state index contributed by atoms with van der Waals surface area (Å²) in [5, 5.41) is 14.2. The van der Waals surface area contributed by atoms with Gasteiger partial charge in [0.05, 0.1) is 31.8 Å². The molecule has 20 heavy (non-hydrogen) atoms. The maximum absolute atomic E-state index is 12.4. The predicted molar refractivity (Wildman–Crippen MR) is 69.2 cm³/mol. The highest BCUT2D eigenvalue weighted by atomic mass is 16.3. The van der Waals surface area contributed by atoms with Crippen LogP contribution in [0.25, 0.3) is 0 Å². The minimum Gasteiger partial charge on any atom is -0.467 e. The first-order chi connectivity index (χ1) is 9.70. The molecule has 2 N–H and O–H groups in total. The van der Waals surface area contributed by atoms with E-state index in [0.717, 1.165) is 0 Å². The van der Waals surface area contributed by atoms with Gasteiger partial charge in [0.15, 0.2) is 0 Å². The Balaban J connectivity index is 1.99. The van der Waals surface area contributed by atoms with Gasteiger partial charge in [-0.05, 0) is 12.1 Å². The lowest BCUT2D eigenvalue weighted by atomic mass is 10.2. The van der Waals surface area contributed by atoms with E-state index in [-0.39, 0.29) is 31.3 Å². The van der Waals surface area contributed by atoms with Crippen LogP contribution in [-0.2, 0) is 16.1 Å². The van der Waals surface area contributed by atoms with Crippen LogP contribution < -0.4 is 10.6 Å². The van der Waals surface area contributed by atoms with Crippen LogP contribution in [0.1, 0.15) is 12.2 Å². The Labute approximate surface area is 116 Å². The van der Waals surface area contributed by atoms with E-state index >= 15 is 0 Å². The molecule has 1 aromatic rings. The second-order valence-corrected chi connectivity index (χ2v) is 4.48. The van der Waals surface area contributed by atoms with Crippen molar-refractivity contribution in [2.24, 2.45) is 0 Å². The van der Waals surface area contributed by atoms with E-state index in [1.807, 2.05) is 6.07 Å². The van der Waals surface area contributed by atoms with Crippen LogP contribution in [0.3, 0.4) is 0 Å². The van der Waals surface area contributed by atoms with Crippen molar-refractivity contribution >= 4 is 11.8 Å². The Kier molecular flexibility index (Phi) is 4.74. The van der Waals surface area contributed by atoms with Crippen LogP contribution in [0.5, 0.6) is 0 Å². The standard InChI is InChI=1S/C13H16N4O3/c14-4-2-5-17(9-10-3-1-6-20-10)13(19)11-7-16-12(18)8-15-11/h1,3,6,11,15H,2,5,7-9H2,(H,16,18). The van der Waals surface area contributed by atoms with Gasteiger partial charge in [0.2, 0.25) is 11.8 Å². The molecule has 1 atom stereocenters. The third-order valence-corrected chi connectivity index (χ3v) is 3.04. The monoisotopic (exact) mass is 276 g/mol. The van der Waals surface area contributed by atoms with Crippen molar-refractivity contribution in [1.29, 1.82) is 5.26 Å². The molecule has 1 fully saturated rings. The molecule has 2 amide bonds. The molecule has 0 radical (unpaired) electrons. The minimum absolute atomic E-state index is 0.122. The first-order valence-electron chi connectivity index (χ1n) is 6.39. The zero-order valence-electron chi connectivity index (χ0n) is 11.0. The topological polar surface area (TPSA) is 98.4 Å². The second-order valence-electron chi connectivity index (χ2n) is 4.48. The smallest absolute Gasteiger partial charge is 0.241 e. The van der Waals surface area contributed by atoms with Crippen molar-refractivity contribution < 1.29 is 14.0 Å². The molecule has 0 aromatic carbocycles. The number of nitrogens with one attached hydrogen (secondary N) is 2. The van der Waals surface area contributed by atoms with E-state index in [2.05, 4.69) is 10.6 Å². The van der Waals surface area contributed by atoms with Gasteiger partial charge in [-0.2, -0.15) is 5.26 Å². The van der Waals surface area contributed by atoms with E-state index in [4.69, 9.17) is 9.68 Å². The highest BCUT2D eigenvalue weighted by molar-refractivity contribution is 5.86. The number of piperazine rings is 1. The molecule has 1 aromatic heterocycles. The Morgan fingerprint density at radius 2 is 2.45 bits per heavy atom. The SMILES string of the molecule is N#CCCN(Cc1ccco1)C(=O)C1CNC(=O)CN1. The zero-order chi connectivity index (χ0) is 14.4. The van der Waals surface area contributed by atoms with Gasteiger partial charge in [0.25, 0.3) is 0 Å². The number of rotatable bonds is 5. The van der Waals surface area contributed by atoms with E-state index in [1.54, 1.807) is 23.3 Å². The van der Waals surface area contributed by atoms with E-state index < -0.39 is 6.04 Å². The average molecular weight is 276 g/mol. The van der Waals surface area contributed by atoms with Crippen molar-refractivity contribution in [2.75, 3.05) is 19.6 Å². The Hall–Kier alpha value is -2.33. The van der Waals surface area contributed by atoms with Gasteiger partial charge in [-0.15, -0.1) is 0 Å². The van der Waals surface area contributed by atoms with Crippen LogP contribution in [-0.4, -0.2) is 42.4 Å². The maximum Gasteiger partial charge on any atom is 0.241 e. The molecule has 1 unspecified atom stereocenters. The zero-order valence-corrected chi connectivity index (χ0v) is 11.0. The van der Waals surface area contributed by atoms with Crippen LogP contribution in [0.15, 0.2) is 22.8 Å². The van der Waals surface area contributed by atoms with Crippen molar-refractivity contribution in [3.63, 3.8) is 0 Å². The third-order valence-electron chi connectivity index (χ3n) is 3.04. The number of hydrogen-bond donors (Lipinski definition) is 2. The molecule has 0 bridgehead atoms. The van der Waals surface area contributed by atoms with Crippen LogP contribution >= 0.6 is 0 Å². The predicted octanol–water partition coefficient (Wildman–Crippen LogP) is -0.390. The summed E-state index contributed by atoms with van der Waals surface area (Å²) in [4.78, 5) is 25.0. The summed E-state index contributed by atoms with van der Waals surface area (Å²) in [7, 11) is 0. The maximum atomic E-state index is 12.4. The molecule has 2 heterocycles. The summed E-state index contributed by atoms with van der Waals surface area (Å²) < 4.78 is 5.23. The van der Waals surface area contributed by atoms with Gasteiger partial charge in [0.1, 0.15) is 11.8 Å². The largest absolute Gasteiger partial charge is 0.467 e. The van der Waals surface area contributed by atoms with Gasteiger partial charge >= 0.3 is 0 Å². The fourth-order valence-electron chi connectivity index (χ4n) is 2.00. The fourth-order valence-corrected chi connectivity index (χ4v) is 2.00. The normalized spacial score (nSPS) is 18.1. The molecular formula is C13H16N4O3. The molecule has 1 saturated heterocycles. The van der Waals surface area contributed by atoms with Crippen molar-refractivity contribution in [1.82, 2.24) is 15.5 Å². The Morgan fingerprint density at radius 3 is 3.05 bits per heavy atom. The number of carbonyl (C=O) groups is 2. The Bertz CT molecular complexity index is 496. The molecule has 0 spiro atoms. The quantitative estimate of drug-likeness (QED) is 0.763. The van der Waals surface area contributed by atoms with Gasteiger partial charge < -0.3 is 14.6 Å². The summed E-state index contributed by atoms with van der Waals surface area (Å²) in [6.07, 6.45) is 1.80. The molecule has 106 valence electrons. The van der Waals surface area contributed by atoms with E-state index in [0.29, 0.717) is 18.8 Å². The first kappa shape index (κ1) is 14.1. The molecule has 0 saturated carbocycles. The lowest BCUT2D eigenvalue weighted by Crippen LogP contribution is -2.58. The Morgan fingerprint density at radius 1 is 1.60 bits per heavy atom. The number of hydrogen-bond acceptors (Lipinski definition) is 5. The number of amides is 2. The summed E-state index contributed by atoms with van der Waals surface area (Å²) >= 11 is 0. The fraction of sp³-hybridized carbons (Fsp3) is 0.462. The molecule has 1 aliphatic rings. The summed E-state index contributed by atoms with van der Waals surface area (Å²) in [6, 6.07) is 5.10. The highest BCUT2D eigenvalue weighted by Gasteiger charge is 2.28. The molecular weight excluding hydrogens is 260 g/mol. The highest BCUT2D eigenvalue weighted by Crippen LogP contribution is 2.08. The van der Waals surface area contributed by atoms with Crippen LogP contribution in [0.4, 0.5) is 0 Å². The average Bonchev–Trinajstić information content (AvgIpc) is 2.96. The summed E-state index contributed by atoms with van der Waals surface area (Å²) in [5.41, 5.74) is 0. The number of nitriles is 1. The van der Waals surface area contributed by atoms with Crippen LogP contribution in [0, 0.1) is 11.3 Å². The van der Waals surface area contributed by atoms with Gasteiger partial charge in [0, 0.05) is 13.1 Å². The van der Waals surface area contributed by atoms with Crippen molar-refractivity contribution in [3.8, 4) is 6.07 Å². The van der Waals surface area contributed by atoms with E-state index in [9.17, 15) is 9.59 Å². The summed E-state index contributed by atoms with van der Waals surface area (Å²) in [5.74, 6) is 0.399. The van der Waals surface area contributed by atoms with Crippen molar-refractivity contribution in [2.45, 2.75) is 19.0 Å². The molecule has 2 rings (SSSR count). The molecule has 7 heteroatoms. The van der Waals surface area contributed by atoms with Crippen LogP contribution in [0.2, 0.25) is 0 Å². The lowest BCUT2D eigenvalue weighted by molar-refractivity contribution is -0.135. The second kappa shape index (κ2) is 6.73. The molecule has 1 aliphatic heterocycles. The van der Waals surface area contributed by atoms with Crippen molar-refractivity contribution in [3.05, 3.63) is 24.2 Å². The molecule has 7 nitrogen and oxygen atoms in total.